The summed E-state index contributed by atoms with van der Waals surface area (Å²) in [6.07, 6.45) is 2.33. The largest absolute Gasteiger partial charge is 0.504 e. The van der Waals surface area contributed by atoms with Crippen LogP contribution < -0.4 is 4.74 Å². The van der Waals surface area contributed by atoms with E-state index in [1.54, 1.807) is 25.3 Å². The van der Waals surface area contributed by atoms with E-state index in [0.717, 1.165) is 12.8 Å². The summed E-state index contributed by atoms with van der Waals surface area (Å²) in [5, 5.41) is 9.45. The molecular formula is C11H14O3. The molecule has 0 unspecified atom stereocenters. The Morgan fingerprint density at radius 2 is 1.93 bits per heavy atom. The highest BCUT2D eigenvalue weighted by Crippen LogP contribution is 2.32. The van der Waals surface area contributed by atoms with E-state index in [2.05, 4.69) is 0 Å². The van der Waals surface area contributed by atoms with Crippen molar-refractivity contribution in [2.75, 3.05) is 7.11 Å². The highest BCUT2D eigenvalue weighted by molar-refractivity contribution is 5.38. The summed E-state index contributed by atoms with van der Waals surface area (Å²) in [6, 6.07) is 7.03. The zero-order valence-electron chi connectivity index (χ0n) is 8.14. The predicted octanol–water partition coefficient (Wildman–Crippen LogP) is 1.95. The lowest BCUT2D eigenvalue weighted by atomic mass is 9.92. The Bertz CT molecular complexity index is 305. The normalized spacial score (nSPS) is 25.5. The lowest BCUT2D eigenvalue weighted by Gasteiger charge is -2.34. The number of aromatic hydroxyl groups is 1. The van der Waals surface area contributed by atoms with E-state index in [1.165, 1.54) is 0 Å². The number of rotatable bonds is 3. The molecule has 0 heterocycles. The van der Waals surface area contributed by atoms with Gasteiger partial charge in [-0.3, -0.25) is 0 Å². The van der Waals surface area contributed by atoms with E-state index in [0.29, 0.717) is 11.9 Å². The molecule has 1 N–H and O–H groups in total. The van der Waals surface area contributed by atoms with Crippen LogP contribution in [0.15, 0.2) is 24.3 Å². The molecule has 2 rings (SSSR count). The van der Waals surface area contributed by atoms with Gasteiger partial charge in [0.05, 0.1) is 6.10 Å². The van der Waals surface area contributed by atoms with E-state index in [9.17, 15) is 5.11 Å². The zero-order valence-corrected chi connectivity index (χ0v) is 8.14. The summed E-state index contributed by atoms with van der Waals surface area (Å²) < 4.78 is 10.7. The summed E-state index contributed by atoms with van der Waals surface area (Å²) in [6.45, 7) is 0. The van der Waals surface area contributed by atoms with Gasteiger partial charge in [0.2, 0.25) is 0 Å². The van der Waals surface area contributed by atoms with Crippen LogP contribution in [0.3, 0.4) is 0 Å². The molecule has 1 saturated carbocycles. The number of phenolic OH excluding ortho intramolecular Hbond substituents is 1. The van der Waals surface area contributed by atoms with E-state index in [-0.39, 0.29) is 11.9 Å². The molecule has 0 amide bonds. The van der Waals surface area contributed by atoms with Gasteiger partial charge in [0.25, 0.3) is 0 Å². The molecular weight excluding hydrogens is 180 g/mol. The van der Waals surface area contributed by atoms with Gasteiger partial charge in [-0.2, -0.15) is 0 Å². The predicted molar refractivity (Wildman–Crippen MR) is 52.6 cm³/mol. The summed E-state index contributed by atoms with van der Waals surface area (Å²) in [7, 11) is 1.71. The molecule has 3 heteroatoms. The van der Waals surface area contributed by atoms with Gasteiger partial charge < -0.3 is 14.6 Å². The zero-order chi connectivity index (χ0) is 9.97. The minimum Gasteiger partial charge on any atom is -0.504 e. The first-order chi connectivity index (χ1) is 6.79. The van der Waals surface area contributed by atoms with Gasteiger partial charge in [-0.15, -0.1) is 0 Å². The van der Waals surface area contributed by atoms with Crippen LogP contribution >= 0.6 is 0 Å². The first kappa shape index (κ1) is 9.34. The average molecular weight is 194 g/mol. The van der Waals surface area contributed by atoms with Crippen molar-refractivity contribution in [1.82, 2.24) is 0 Å². The molecule has 1 aromatic rings. The fourth-order valence-electron chi connectivity index (χ4n) is 1.54. The van der Waals surface area contributed by atoms with E-state index in [4.69, 9.17) is 9.47 Å². The number of hydrogen-bond acceptors (Lipinski definition) is 3. The van der Waals surface area contributed by atoms with Gasteiger partial charge in [0.1, 0.15) is 6.10 Å². The summed E-state index contributed by atoms with van der Waals surface area (Å²) in [5.41, 5.74) is 0. The summed E-state index contributed by atoms with van der Waals surface area (Å²) in [5.74, 6) is 0.764. The van der Waals surface area contributed by atoms with Crippen LogP contribution in [0.5, 0.6) is 11.5 Å². The van der Waals surface area contributed by atoms with Crippen molar-refractivity contribution < 1.29 is 14.6 Å². The average Bonchev–Trinajstić information content (AvgIpc) is 2.13. The summed E-state index contributed by atoms with van der Waals surface area (Å²) >= 11 is 0. The number of phenols is 1. The van der Waals surface area contributed by atoms with Crippen LogP contribution in [-0.4, -0.2) is 24.4 Å². The smallest absolute Gasteiger partial charge is 0.161 e. The molecule has 14 heavy (non-hydrogen) atoms. The van der Waals surface area contributed by atoms with E-state index in [1.807, 2.05) is 6.07 Å². The van der Waals surface area contributed by atoms with Gasteiger partial charge in [-0.25, -0.2) is 0 Å². The topological polar surface area (TPSA) is 38.7 Å². The molecule has 1 aromatic carbocycles. The molecule has 0 aromatic heterocycles. The molecule has 1 aliphatic carbocycles. The van der Waals surface area contributed by atoms with Gasteiger partial charge in [-0.05, 0) is 12.1 Å². The Kier molecular flexibility index (Phi) is 2.59. The third-order valence-electron chi connectivity index (χ3n) is 2.54. The molecule has 0 saturated heterocycles. The molecule has 3 nitrogen and oxygen atoms in total. The van der Waals surface area contributed by atoms with Crippen molar-refractivity contribution in [3.05, 3.63) is 24.3 Å². The van der Waals surface area contributed by atoms with Crippen LogP contribution in [0, 0.1) is 0 Å². The minimum atomic E-state index is 0.188. The maximum Gasteiger partial charge on any atom is 0.161 e. The highest BCUT2D eigenvalue weighted by atomic mass is 16.5. The molecule has 1 fully saturated rings. The Morgan fingerprint density at radius 1 is 1.21 bits per heavy atom. The number of methoxy groups -OCH3 is 1. The quantitative estimate of drug-likeness (QED) is 0.799. The second-order valence-electron chi connectivity index (χ2n) is 3.54. The van der Waals surface area contributed by atoms with Gasteiger partial charge >= 0.3 is 0 Å². The fraction of sp³-hybridized carbons (Fsp3) is 0.455. The second kappa shape index (κ2) is 3.88. The van der Waals surface area contributed by atoms with Gasteiger partial charge in [-0.1, -0.05) is 12.1 Å². The Hall–Kier alpha value is -1.22. The molecule has 0 radical (unpaired) electrons. The van der Waals surface area contributed by atoms with Crippen LogP contribution in [0.4, 0.5) is 0 Å². The number of para-hydroxylation sites is 2. The molecule has 0 aliphatic heterocycles. The number of benzene rings is 1. The standard InChI is InChI=1S/C11H14O3/c1-13-8-6-9(7-8)14-11-5-3-2-4-10(11)12/h2-5,8-9,12H,6-7H2,1H3. The highest BCUT2D eigenvalue weighted by Gasteiger charge is 2.31. The lowest BCUT2D eigenvalue weighted by molar-refractivity contribution is -0.0388. The molecule has 0 atom stereocenters. The maximum absolute atomic E-state index is 9.45. The monoisotopic (exact) mass is 194 g/mol. The molecule has 1 aliphatic rings. The third-order valence-corrected chi connectivity index (χ3v) is 2.54. The van der Waals surface area contributed by atoms with Crippen molar-refractivity contribution >= 4 is 0 Å². The Labute approximate surface area is 83.3 Å². The Balaban J connectivity index is 1.90. The van der Waals surface area contributed by atoms with E-state index >= 15 is 0 Å². The molecule has 0 spiro atoms. The Morgan fingerprint density at radius 3 is 2.57 bits per heavy atom. The third kappa shape index (κ3) is 1.82. The summed E-state index contributed by atoms with van der Waals surface area (Å²) in [4.78, 5) is 0. The van der Waals surface area contributed by atoms with Crippen LogP contribution in [-0.2, 0) is 4.74 Å². The van der Waals surface area contributed by atoms with Gasteiger partial charge in [0, 0.05) is 20.0 Å². The maximum atomic E-state index is 9.45. The molecule has 76 valence electrons. The van der Waals surface area contributed by atoms with Crippen molar-refractivity contribution in [1.29, 1.82) is 0 Å². The van der Waals surface area contributed by atoms with Crippen molar-refractivity contribution in [2.24, 2.45) is 0 Å². The van der Waals surface area contributed by atoms with Gasteiger partial charge in [0.15, 0.2) is 11.5 Å². The van der Waals surface area contributed by atoms with Crippen LogP contribution in [0.2, 0.25) is 0 Å². The van der Waals surface area contributed by atoms with Crippen LogP contribution in [0.1, 0.15) is 12.8 Å². The molecule has 0 bridgehead atoms. The van der Waals surface area contributed by atoms with Crippen molar-refractivity contribution in [3.8, 4) is 11.5 Å². The lowest BCUT2D eigenvalue weighted by Crippen LogP contribution is -2.38. The second-order valence-corrected chi connectivity index (χ2v) is 3.54. The van der Waals surface area contributed by atoms with Crippen molar-refractivity contribution in [3.63, 3.8) is 0 Å². The SMILES string of the molecule is COC1CC(Oc2ccccc2O)C1. The number of ether oxygens (including phenoxy) is 2. The fourth-order valence-corrected chi connectivity index (χ4v) is 1.54. The minimum absolute atomic E-state index is 0.188. The van der Waals surface area contributed by atoms with Crippen LogP contribution in [0.25, 0.3) is 0 Å². The van der Waals surface area contributed by atoms with Crippen molar-refractivity contribution in [2.45, 2.75) is 25.0 Å². The number of hydrogen-bond donors (Lipinski definition) is 1. The van der Waals surface area contributed by atoms with E-state index < -0.39 is 0 Å². The first-order valence-electron chi connectivity index (χ1n) is 4.77. The first-order valence-corrected chi connectivity index (χ1v) is 4.77.